The third kappa shape index (κ3) is 4.52. The smallest absolute Gasteiger partial charge is 0.215 e. The molecule has 16 heavy (non-hydrogen) atoms. The Bertz CT molecular complexity index is 280. The molecule has 0 atom stereocenters. The van der Waals surface area contributed by atoms with Crippen LogP contribution >= 0.6 is 11.6 Å². The normalized spacial score (nSPS) is 10.2. The van der Waals surface area contributed by atoms with E-state index in [-0.39, 0.29) is 0 Å². The Hall–Kier alpha value is -0.565. The molecular formula is C13H21BOS. The van der Waals surface area contributed by atoms with Crippen molar-refractivity contribution in [1.29, 1.82) is 0 Å². The number of rotatable bonds is 7. The summed E-state index contributed by atoms with van der Waals surface area (Å²) in [4.78, 5) is 1.35. The van der Waals surface area contributed by atoms with Crippen molar-refractivity contribution in [3.05, 3.63) is 24.3 Å². The lowest BCUT2D eigenvalue weighted by Gasteiger charge is -2.11. The molecule has 0 radical (unpaired) electrons. The SMILES string of the molecule is CCCB(CCC)Sc1ccc(OC)cc1. The van der Waals surface area contributed by atoms with Gasteiger partial charge < -0.3 is 4.74 Å². The highest BCUT2D eigenvalue weighted by Crippen LogP contribution is 2.28. The van der Waals surface area contributed by atoms with Gasteiger partial charge in [0, 0.05) is 0 Å². The maximum absolute atomic E-state index is 5.16. The van der Waals surface area contributed by atoms with Crippen LogP contribution in [0.2, 0.25) is 12.6 Å². The van der Waals surface area contributed by atoms with Crippen molar-refractivity contribution in [2.45, 2.75) is 44.2 Å². The molecule has 0 saturated heterocycles. The Labute approximate surface area is 104 Å². The summed E-state index contributed by atoms with van der Waals surface area (Å²) in [6, 6.07) is 8.39. The first-order chi connectivity index (χ1) is 7.80. The van der Waals surface area contributed by atoms with E-state index in [1.54, 1.807) is 7.11 Å². The molecular weight excluding hydrogens is 215 g/mol. The van der Waals surface area contributed by atoms with Gasteiger partial charge in [-0.1, -0.05) is 39.3 Å². The first-order valence-electron chi connectivity index (χ1n) is 6.10. The average Bonchev–Trinajstić information content (AvgIpc) is 2.31. The molecule has 0 saturated carbocycles. The van der Waals surface area contributed by atoms with E-state index in [0.717, 1.165) is 11.7 Å². The molecule has 0 aliphatic carbocycles. The first kappa shape index (κ1) is 13.5. The summed E-state index contributed by atoms with van der Waals surface area (Å²) < 4.78 is 5.16. The lowest BCUT2D eigenvalue weighted by molar-refractivity contribution is 0.414. The van der Waals surface area contributed by atoms with E-state index in [1.807, 2.05) is 23.7 Å². The second-order valence-electron chi connectivity index (χ2n) is 3.99. The number of hydrogen-bond donors (Lipinski definition) is 0. The third-order valence-electron chi connectivity index (χ3n) is 2.58. The predicted octanol–water partition coefficient (Wildman–Crippen LogP) is 4.60. The van der Waals surface area contributed by atoms with Gasteiger partial charge in [-0.05, 0) is 29.2 Å². The standard InChI is InChI=1S/C13H21BOS/c1-4-10-14(11-5-2)16-13-8-6-12(15-3)7-9-13/h6-9H,4-5,10-11H2,1-3H3. The number of ether oxygens (including phenoxy) is 1. The molecule has 1 nitrogen and oxygen atoms in total. The van der Waals surface area contributed by atoms with Crippen LogP contribution in [-0.4, -0.2) is 13.1 Å². The Morgan fingerprint density at radius 1 is 1.06 bits per heavy atom. The Morgan fingerprint density at radius 3 is 2.06 bits per heavy atom. The minimum absolute atomic E-state index is 0.767. The van der Waals surface area contributed by atoms with Crippen molar-refractivity contribution in [3.63, 3.8) is 0 Å². The van der Waals surface area contributed by atoms with Gasteiger partial charge in [-0.25, -0.2) is 0 Å². The van der Waals surface area contributed by atoms with Crippen molar-refractivity contribution in [2.24, 2.45) is 0 Å². The molecule has 3 heteroatoms. The molecule has 0 heterocycles. The fourth-order valence-corrected chi connectivity index (χ4v) is 3.14. The maximum Gasteiger partial charge on any atom is 0.215 e. The van der Waals surface area contributed by atoms with Gasteiger partial charge in [0.05, 0.1) is 7.11 Å². The van der Waals surface area contributed by atoms with Gasteiger partial charge in [-0.15, -0.1) is 0 Å². The largest absolute Gasteiger partial charge is 0.497 e. The van der Waals surface area contributed by atoms with Crippen LogP contribution in [0.5, 0.6) is 5.75 Å². The topological polar surface area (TPSA) is 9.23 Å². The summed E-state index contributed by atoms with van der Waals surface area (Å²) in [5.74, 6) is 1.70. The van der Waals surface area contributed by atoms with Crippen LogP contribution in [0.3, 0.4) is 0 Å². The summed E-state index contributed by atoms with van der Waals surface area (Å²) in [5.41, 5.74) is 0. The van der Waals surface area contributed by atoms with E-state index in [2.05, 4.69) is 26.0 Å². The van der Waals surface area contributed by atoms with E-state index in [1.165, 1.54) is 30.4 Å². The molecule has 0 aliphatic rings. The van der Waals surface area contributed by atoms with Crippen LogP contribution in [0.4, 0.5) is 0 Å². The Kier molecular flexibility index (Phi) is 6.47. The highest BCUT2D eigenvalue weighted by Gasteiger charge is 2.13. The van der Waals surface area contributed by atoms with Crippen molar-refractivity contribution < 1.29 is 4.74 Å². The zero-order chi connectivity index (χ0) is 11.8. The average molecular weight is 236 g/mol. The fraction of sp³-hybridized carbons (Fsp3) is 0.538. The van der Waals surface area contributed by atoms with Crippen molar-refractivity contribution in [1.82, 2.24) is 0 Å². The van der Waals surface area contributed by atoms with Gasteiger partial charge in [-0.2, -0.15) is 11.6 Å². The molecule has 88 valence electrons. The van der Waals surface area contributed by atoms with E-state index in [9.17, 15) is 0 Å². The van der Waals surface area contributed by atoms with Gasteiger partial charge in [0.25, 0.3) is 0 Å². The van der Waals surface area contributed by atoms with Gasteiger partial charge in [0.1, 0.15) is 5.75 Å². The highest BCUT2D eigenvalue weighted by atomic mass is 32.2. The summed E-state index contributed by atoms with van der Waals surface area (Å²) in [6.07, 6.45) is 5.16. The molecule has 1 rings (SSSR count). The van der Waals surface area contributed by atoms with Gasteiger partial charge in [-0.3, -0.25) is 0 Å². The fourth-order valence-electron chi connectivity index (χ4n) is 1.75. The third-order valence-corrected chi connectivity index (χ3v) is 3.93. The molecule has 0 bridgehead atoms. The van der Waals surface area contributed by atoms with Crippen LogP contribution in [-0.2, 0) is 0 Å². The van der Waals surface area contributed by atoms with E-state index in [0.29, 0.717) is 0 Å². The number of benzene rings is 1. The van der Waals surface area contributed by atoms with Gasteiger partial charge in [0.2, 0.25) is 5.99 Å². The Morgan fingerprint density at radius 2 is 1.62 bits per heavy atom. The van der Waals surface area contributed by atoms with Crippen LogP contribution in [0.1, 0.15) is 26.7 Å². The molecule has 0 fully saturated rings. The number of hydrogen-bond acceptors (Lipinski definition) is 2. The lowest BCUT2D eigenvalue weighted by Crippen LogP contribution is -2.05. The van der Waals surface area contributed by atoms with E-state index < -0.39 is 0 Å². The van der Waals surface area contributed by atoms with Crippen LogP contribution < -0.4 is 4.74 Å². The predicted molar refractivity (Wildman–Crippen MR) is 74.8 cm³/mol. The molecule has 0 spiro atoms. The molecule has 0 amide bonds. The maximum atomic E-state index is 5.16. The van der Waals surface area contributed by atoms with Gasteiger partial charge >= 0.3 is 0 Å². The van der Waals surface area contributed by atoms with Crippen molar-refractivity contribution in [2.75, 3.05) is 7.11 Å². The molecule has 0 N–H and O–H groups in total. The summed E-state index contributed by atoms with van der Waals surface area (Å²) in [7, 11) is 1.71. The monoisotopic (exact) mass is 236 g/mol. The lowest BCUT2D eigenvalue weighted by atomic mass is 9.67. The number of methoxy groups -OCH3 is 1. The van der Waals surface area contributed by atoms with Crippen molar-refractivity contribution >= 4 is 17.6 Å². The highest BCUT2D eigenvalue weighted by molar-refractivity contribution is 8.25. The molecule has 1 aromatic rings. The zero-order valence-corrected chi connectivity index (χ0v) is 11.3. The van der Waals surface area contributed by atoms with E-state index >= 15 is 0 Å². The van der Waals surface area contributed by atoms with Crippen LogP contribution in [0, 0.1) is 0 Å². The second kappa shape index (κ2) is 7.67. The quantitative estimate of drug-likeness (QED) is 0.640. The molecule has 0 aliphatic heterocycles. The molecule has 0 aromatic heterocycles. The molecule has 1 aromatic carbocycles. The second-order valence-corrected chi connectivity index (χ2v) is 5.37. The summed E-state index contributed by atoms with van der Waals surface area (Å²) in [6.45, 7) is 4.52. The minimum Gasteiger partial charge on any atom is -0.497 e. The Balaban J connectivity index is 2.54. The van der Waals surface area contributed by atoms with Crippen LogP contribution in [0.25, 0.3) is 0 Å². The van der Waals surface area contributed by atoms with Gasteiger partial charge in [0.15, 0.2) is 0 Å². The zero-order valence-electron chi connectivity index (χ0n) is 10.5. The first-order valence-corrected chi connectivity index (χ1v) is 6.98. The van der Waals surface area contributed by atoms with Crippen molar-refractivity contribution in [3.8, 4) is 5.75 Å². The van der Waals surface area contributed by atoms with E-state index in [4.69, 9.17) is 4.74 Å². The summed E-state index contributed by atoms with van der Waals surface area (Å²) >= 11 is 2.00. The molecule has 0 unspecified atom stereocenters. The van der Waals surface area contributed by atoms with Crippen LogP contribution in [0.15, 0.2) is 29.2 Å². The summed E-state index contributed by atoms with van der Waals surface area (Å²) in [5, 5.41) is 0. The minimum atomic E-state index is 0.767.